The molecule has 0 spiro atoms. The van der Waals surface area contributed by atoms with Gasteiger partial charge in [0, 0.05) is 9.89 Å². The van der Waals surface area contributed by atoms with Gasteiger partial charge < -0.3 is 4.74 Å². The Morgan fingerprint density at radius 3 is 2.26 bits per heavy atom. The van der Waals surface area contributed by atoms with Gasteiger partial charge in [-0.25, -0.2) is 0 Å². The standard InChI is InChI=1S/C38H51BrO3/c1-23(2)27-15-18-38(33(41)42-8)20-19-36(6)28(31(27)38)13-14-30-35(5)22-25(21-24-9-11-26(39)12-10-24)32(40)34(3,4)29(35)16-17-37(30,36)7/h9-12,21,27-31H,1,13-20,22H2,2-8H3/b25-21-/t27-,28+,29-,30+,31+,35-,36+,37+,38-/m0/s1. The highest BCUT2D eigenvalue weighted by atomic mass is 79.9. The van der Waals surface area contributed by atoms with Crippen LogP contribution < -0.4 is 0 Å². The summed E-state index contributed by atoms with van der Waals surface area (Å²) < 4.78 is 6.60. The average molecular weight is 636 g/mol. The first kappa shape index (κ1) is 30.4. The molecule has 0 N–H and O–H groups in total. The fourth-order valence-electron chi connectivity index (χ4n) is 12.4. The summed E-state index contributed by atoms with van der Waals surface area (Å²) in [5, 5.41) is 0. The van der Waals surface area contributed by atoms with Crippen molar-refractivity contribution < 1.29 is 14.3 Å². The zero-order chi connectivity index (χ0) is 30.5. The summed E-state index contributed by atoms with van der Waals surface area (Å²) >= 11 is 3.56. The Hall–Kier alpha value is -1.68. The number of esters is 1. The van der Waals surface area contributed by atoms with Crippen LogP contribution in [0, 0.1) is 56.7 Å². The molecule has 228 valence electrons. The first-order valence-electron chi connectivity index (χ1n) is 16.4. The van der Waals surface area contributed by atoms with Crippen LogP contribution in [0.25, 0.3) is 6.08 Å². The molecule has 0 amide bonds. The lowest BCUT2D eigenvalue weighted by Crippen LogP contribution is -2.67. The quantitative estimate of drug-likeness (QED) is 0.189. The van der Waals surface area contributed by atoms with Crippen LogP contribution >= 0.6 is 15.9 Å². The van der Waals surface area contributed by atoms with Gasteiger partial charge in [-0.3, -0.25) is 9.59 Å². The molecule has 3 nitrogen and oxygen atoms in total. The van der Waals surface area contributed by atoms with Gasteiger partial charge in [0.15, 0.2) is 5.78 Å². The molecule has 0 unspecified atom stereocenters. The fraction of sp³-hybridized carbons (Fsp3) is 0.684. The minimum absolute atomic E-state index is 0.0245. The smallest absolute Gasteiger partial charge is 0.312 e. The van der Waals surface area contributed by atoms with Crippen molar-refractivity contribution in [2.45, 2.75) is 99.3 Å². The van der Waals surface area contributed by atoms with Crippen LogP contribution in [0.1, 0.15) is 105 Å². The van der Waals surface area contributed by atoms with E-state index in [0.717, 1.165) is 60.6 Å². The molecular weight excluding hydrogens is 584 g/mol. The lowest BCUT2D eigenvalue weighted by atomic mass is 9.32. The summed E-state index contributed by atoms with van der Waals surface area (Å²) in [4.78, 5) is 27.6. The highest BCUT2D eigenvalue weighted by Gasteiger charge is 2.72. The molecule has 42 heavy (non-hydrogen) atoms. The molecule has 1 aromatic rings. The summed E-state index contributed by atoms with van der Waals surface area (Å²) in [5.74, 6) is 2.50. The predicted octanol–water partition coefficient (Wildman–Crippen LogP) is 9.84. The van der Waals surface area contributed by atoms with Gasteiger partial charge in [-0.15, -0.1) is 0 Å². The van der Waals surface area contributed by atoms with E-state index in [1.165, 1.54) is 18.4 Å². The van der Waals surface area contributed by atoms with Crippen molar-refractivity contribution >= 4 is 33.8 Å². The third-order valence-corrected chi connectivity index (χ3v) is 15.0. The second kappa shape index (κ2) is 9.91. The monoisotopic (exact) mass is 634 g/mol. The maximum atomic E-state index is 14.1. The van der Waals surface area contributed by atoms with Crippen LogP contribution in [0.2, 0.25) is 0 Å². The van der Waals surface area contributed by atoms with E-state index in [0.29, 0.717) is 35.4 Å². The van der Waals surface area contributed by atoms with Gasteiger partial charge in [-0.2, -0.15) is 0 Å². The van der Waals surface area contributed by atoms with Crippen molar-refractivity contribution in [3.8, 4) is 0 Å². The normalized spacial score (nSPS) is 44.9. The molecule has 6 rings (SSSR count). The number of hydrogen-bond acceptors (Lipinski definition) is 3. The van der Waals surface area contributed by atoms with Gasteiger partial charge in [0.05, 0.1) is 12.5 Å². The summed E-state index contributed by atoms with van der Waals surface area (Å²) in [6, 6.07) is 8.35. The largest absolute Gasteiger partial charge is 0.469 e. The molecule has 0 aliphatic heterocycles. The zero-order valence-corrected chi connectivity index (χ0v) is 28.5. The average Bonchev–Trinajstić information content (AvgIpc) is 3.34. The third-order valence-electron chi connectivity index (χ3n) is 14.5. The first-order valence-corrected chi connectivity index (χ1v) is 17.2. The number of ketones is 1. The molecule has 4 heteroatoms. The maximum Gasteiger partial charge on any atom is 0.312 e. The van der Waals surface area contributed by atoms with E-state index in [1.807, 2.05) is 0 Å². The van der Waals surface area contributed by atoms with Crippen LogP contribution in [-0.2, 0) is 14.3 Å². The predicted molar refractivity (Wildman–Crippen MR) is 173 cm³/mol. The molecule has 5 fully saturated rings. The highest BCUT2D eigenvalue weighted by molar-refractivity contribution is 9.10. The van der Waals surface area contributed by atoms with Gasteiger partial charge in [0.2, 0.25) is 0 Å². The van der Waals surface area contributed by atoms with E-state index in [1.54, 1.807) is 7.11 Å². The number of halogens is 1. The second-order valence-corrected chi connectivity index (χ2v) is 17.2. The van der Waals surface area contributed by atoms with Crippen molar-refractivity contribution in [3.63, 3.8) is 0 Å². The summed E-state index contributed by atoms with van der Waals surface area (Å²) in [6.07, 6.45) is 11.7. The Bertz CT molecular complexity index is 1340. The number of methoxy groups -OCH3 is 1. The van der Waals surface area contributed by atoms with Gasteiger partial charge in [0.1, 0.15) is 0 Å². The molecule has 0 heterocycles. The lowest BCUT2D eigenvalue weighted by Gasteiger charge is -2.72. The highest BCUT2D eigenvalue weighted by Crippen LogP contribution is 2.77. The number of rotatable bonds is 3. The van der Waals surface area contributed by atoms with Crippen LogP contribution in [0.4, 0.5) is 0 Å². The molecule has 0 aromatic heterocycles. The molecule has 5 aliphatic carbocycles. The van der Waals surface area contributed by atoms with Gasteiger partial charge in [0.25, 0.3) is 0 Å². The van der Waals surface area contributed by atoms with Crippen molar-refractivity contribution in [1.29, 1.82) is 0 Å². The van der Waals surface area contributed by atoms with Gasteiger partial charge >= 0.3 is 5.97 Å². The van der Waals surface area contributed by atoms with E-state index in [-0.39, 0.29) is 33.0 Å². The number of benzene rings is 1. The van der Waals surface area contributed by atoms with Crippen LogP contribution in [0.5, 0.6) is 0 Å². The molecule has 5 saturated carbocycles. The van der Waals surface area contributed by atoms with E-state index in [2.05, 4.69) is 94.4 Å². The molecule has 0 radical (unpaired) electrons. The number of Topliss-reactive ketones (excluding diaryl/α,β-unsaturated/α-hetero) is 1. The Morgan fingerprint density at radius 2 is 1.62 bits per heavy atom. The number of carbonyl (C=O) groups excluding carboxylic acids is 2. The first-order chi connectivity index (χ1) is 19.7. The van der Waals surface area contributed by atoms with Crippen molar-refractivity contribution in [2.24, 2.45) is 56.7 Å². The van der Waals surface area contributed by atoms with Crippen LogP contribution in [0.15, 0.2) is 46.5 Å². The number of carbonyl (C=O) groups is 2. The van der Waals surface area contributed by atoms with Crippen molar-refractivity contribution in [1.82, 2.24) is 0 Å². The zero-order valence-electron chi connectivity index (χ0n) is 26.9. The molecule has 0 bridgehead atoms. The number of fused-ring (bicyclic) bond motifs is 7. The molecular formula is C38H51BrO3. The Labute approximate surface area is 262 Å². The fourth-order valence-corrected chi connectivity index (χ4v) is 12.7. The molecule has 9 atom stereocenters. The number of allylic oxidation sites excluding steroid dienone is 2. The number of ether oxygens (including phenoxy) is 1. The van der Waals surface area contributed by atoms with Crippen LogP contribution in [-0.4, -0.2) is 18.9 Å². The lowest BCUT2D eigenvalue weighted by molar-refractivity contribution is -0.232. The molecule has 5 aliphatic rings. The van der Waals surface area contributed by atoms with Gasteiger partial charge in [-0.1, -0.05) is 74.8 Å². The van der Waals surface area contributed by atoms with E-state index >= 15 is 0 Å². The SMILES string of the molecule is C=C(C)[C@@H]1CC[C@]2(C(=O)OC)CC[C@]3(C)[C@H](CC[C@@H]4[C@@]5(C)C/C(=C/c6ccc(Br)cc6)C(=O)C(C)(C)[C@@H]5CC[C@]43C)[C@@H]12. The Kier molecular flexibility index (Phi) is 7.16. The minimum Gasteiger partial charge on any atom is -0.469 e. The number of hydrogen-bond donors (Lipinski definition) is 0. The summed E-state index contributed by atoms with van der Waals surface area (Å²) in [7, 11) is 1.59. The maximum absolute atomic E-state index is 14.1. The van der Waals surface area contributed by atoms with E-state index in [4.69, 9.17) is 4.74 Å². The van der Waals surface area contributed by atoms with Crippen LogP contribution in [0.3, 0.4) is 0 Å². The molecule has 0 saturated heterocycles. The Morgan fingerprint density at radius 1 is 0.929 bits per heavy atom. The summed E-state index contributed by atoms with van der Waals surface area (Å²) in [5.41, 5.74) is 2.98. The van der Waals surface area contributed by atoms with E-state index in [9.17, 15) is 9.59 Å². The topological polar surface area (TPSA) is 43.4 Å². The van der Waals surface area contributed by atoms with E-state index < -0.39 is 0 Å². The van der Waals surface area contributed by atoms with Crippen molar-refractivity contribution in [2.75, 3.05) is 7.11 Å². The minimum atomic E-state index is -0.379. The van der Waals surface area contributed by atoms with Gasteiger partial charge in [-0.05, 0) is 140 Å². The summed E-state index contributed by atoms with van der Waals surface area (Å²) in [6.45, 7) is 18.8. The third kappa shape index (κ3) is 3.94. The Balaban J connectivity index is 1.41. The van der Waals surface area contributed by atoms with Crippen molar-refractivity contribution in [3.05, 3.63) is 52.0 Å². The second-order valence-electron chi connectivity index (χ2n) is 16.3. The molecule has 1 aromatic carbocycles.